The maximum Gasteiger partial charge on any atom is 0.341 e. The standard InChI is InChI=1S/C28H24Cl2N2O5S/c1-2-36-28(35)21-18-10-6-7-11-20(18)38-27(21)31-25(33)22-23(17-13-12-15(29)14-19(17)30)32(37-24(22)26(31)34)16-8-4-3-5-9-16/h3-5,8-9,12-14,22-24H,2,6-7,10-11H2,1H3/t22-,23+,24-/m0/s1. The van der Waals surface area contributed by atoms with Gasteiger partial charge in [0.25, 0.3) is 5.91 Å². The van der Waals surface area contributed by atoms with E-state index >= 15 is 0 Å². The lowest BCUT2D eigenvalue weighted by Gasteiger charge is -2.29. The van der Waals surface area contributed by atoms with Gasteiger partial charge in [0.05, 0.1) is 23.9 Å². The summed E-state index contributed by atoms with van der Waals surface area (Å²) in [6.45, 7) is 1.93. The van der Waals surface area contributed by atoms with Gasteiger partial charge in [-0.3, -0.25) is 14.4 Å². The number of carbonyl (C=O) groups is 3. The average molecular weight is 571 g/mol. The van der Waals surface area contributed by atoms with Crippen molar-refractivity contribution >= 4 is 63.0 Å². The van der Waals surface area contributed by atoms with Gasteiger partial charge < -0.3 is 4.74 Å². The highest BCUT2D eigenvalue weighted by Gasteiger charge is 2.61. The number of nitrogens with zero attached hydrogens (tertiary/aromatic N) is 2. The van der Waals surface area contributed by atoms with Crippen molar-refractivity contribution in [2.45, 2.75) is 44.8 Å². The van der Waals surface area contributed by atoms with Crippen LogP contribution in [0.15, 0.2) is 48.5 Å². The Morgan fingerprint density at radius 1 is 1.08 bits per heavy atom. The Morgan fingerprint density at radius 2 is 1.84 bits per heavy atom. The van der Waals surface area contributed by atoms with Crippen molar-refractivity contribution in [2.24, 2.45) is 5.92 Å². The first kappa shape index (κ1) is 25.4. The van der Waals surface area contributed by atoms with Crippen LogP contribution in [0.25, 0.3) is 0 Å². The first-order chi connectivity index (χ1) is 18.4. The van der Waals surface area contributed by atoms with Crippen LogP contribution >= 0.6 is 34.5 Å². The molecule has 1 aromatic heterocycles. The highest BCUT2D eigenvalue weighted by Crippen LogP contribution is 2.51. The SMILES string of the molecule is CCOC(=O)c1c(N2C(=O)[C@@H]3[C@H](ON(c4ccccc4)[C@@H]3c3ccc(Cl)cc3Cl)C2=O)sc2c1CCCC2. The smallest absolute Gasteiger partial charge is 0.341 e. The van der Waals surface area contributed by atoms with E-state index < -0.39 is 35.8 Å². The molecule has 2 saturated heterocycles. The van der Waals surface area contributed by atoms with Gasteiger partial charge in [0.2, 0.25) is 5.91 Å². The number of fused-ring (bicyclic) bond motifs is 2. The topological polar surface area (TPSA) is 76.2 Å². The number of ether oxygens (including phenoxy) is 1. The third-order valence-corrected chi connectivity index (χ3v) is 9.08. The van der Waals surface area contributed by atoms with E-state index in [0.29, 0.717) is 38.3 Å². The zero-order valence-corrected chi connectivity index (χ0v) is 22.8. The third-order valence-electron chi connectivity index (χ3n) is 7.24. The van der Waals surface area contributed by atoms with Crippen molar-refractivity contribution in [2.75, 3.05) is 16.6 Å². The van der Waals surface area contributed by atoms with E-state index in [1.165, 1.54) is 11.3 Å². The Balaban J connectivity index is 1.46. The number of thiophene rings is 1. The molecule has 10 heteroatoms. The zero-order valence-electron chi connectivity index (χ0n) is 20.5. The highest BCUT2D eigenvalue weighted by atomic mass is 35.5. The molecule has 3 aromatic rings. The summed E-state index contributed by atoms with van der Waals surface area (Å²) in [5, 5.41) is 2.74. The number of benzene rings is 2. The zero-order chi connectivity index (χ0) is 26.6. The number of carbonyl (C=O) groups excluding carboxylic acids is 3. The Bertz CT molecular complexity index is 1440. The second-order valence-corrected chi connectivity index (χ2v) is 11.4. The number of para-hydroxylation sites is 1. The van der Waals surface area contributed by atoms with Crippen LogP contribution in [0.1, 0.15) is 52.2 Å². The van der Waals surface area contributed by atoms with Crippen molar-refractivity contribution in [1.29, 1.82) is 0 Å². The van der Waals surface area contributed by atoms with Crippen molar-refractivity contribution in [3.8, 4) is 0 Å². The number of hydrogen-bond acceptors (Lipinski definition) is 7. The van der Waals surface area contributed by atoms with Gasteiger partial charge in [-0.15, -0.1) is 11.3 Å². The van der Waals surface area contributed by atoms with Crippen molar-refractivity contribution in [3.63, 3.8) is 0 Å². The van der Waals surface area contributed by atoms with Crippen LogP contribution in [0.3, 0.4) is 0 Å². The highest BCUT2D eigenvalue weighted by molar-refractivity contribution is 7.17. The molecule has 2 amide bonds. The molecule has 3 aliphatic rings. The molecule has 6 rings (SSSR count). The largest absolute Gasteiger partial charge is 0.462 e. The normalized spacial score (nSPS) is 22.6. The third kappa shape index (κ3) is 4.02. The van der Waals surface area contributed by atoms with E-state index in [0.717, 1.165) is 34.6 Å². The first-order valence-electron chi connectivity index (χ1n) is 12.6. The van der Waals surface area contributed by atoms with Crippen LogP contribution in [0, 0.1) is 5.92 Å². The summed E-state index contributed by atoms with van der Waals surface area (Å²) in [6.07, 6.45) is 2.37. The number of aryl methyl sites for hydroxylation is 1. The number of esters is 1. The molecule has 0 bridgehead atoms. The lowest BCUT2D eigenvalue weighted by molar-refractivity contribution is -0.126. The second kappa shape index (κ2) is 10.0. The molecule has 0 saturated carbocycles. The molecule has 7 nitrogen and oxygen atoms in total. The van der Waals surface area contributed by atoms with Gasteiger partial charge in [-0.1, -0.05) is 47.5 Å². The first-order valence-corrected chi connectivity index (χ1v) is 14.1. The van der Waals surface area contributed by atoms with Gasteiger partial charge in [0.15, 0.2) is 6.10 Å². The van der Waals surface area contributed by atoms with Gasteiger partial charge in [-0.05, 0) is 68.0 Å². The van der Waals surface area contributed by atoms with E-state index in [4.69, 9.17) is 32.8 Å². The molecule has 3 atom stereocenters. The summed E-state index contributed by atoms with van der Waals surface area (Å²) >= 11 is 14.1. The lowest BCUT2D eigenvalue weighted by Crippen LogP contribution is -2.37. The summed E-state index contributed by atoms with van der Waals surface area (Å²) in [5.41, 5.74) is 2.51. The molecule has 2 aromatic carbocycles. The molecule has 38 heavy (non-hydrogen) atoms. The molecule has 3 heterocycles. The second-order valence-electron chi connectivity index (χ2n) is 9.45. The Morgan fingerprint density at radius 3 is 2.58 bits per heavy atom. The van der Waals surface area contributed by atoms with Gasteiger partial charge >= 0.3 is 5.97 Å². The minimum atomic E-state index is -1.08. The van der Waals surface area contributed by atoms with Gasteiger partial charge in [-0.2, -0.15) is 0 Å². The number of imide groups is 1. The fraction of sp³-hybridized carbons (Fsp3) is 0.321. The Hall–Kier alpha value is -2.91. The molecule has 0 spiro atoms. The summed E-state index contributed by atoms with van der Waals surface area (Å²) in [6, 6.07) is 13.6. The molecule has 0 radical (unpaired) electrons. The van der Waals surface area contributed by atoms with Crippen molar-refractivity contribution in [3.05, 3.63) is 80.1 Å². The van der Waals surface area contributed by atoms with E-state index in [2.05, 4.69) is 0 Å². The predicted octanol–water partition coefficient (Wildman–Crippen LogP) is 6.16. The number of anilines is 2. The molecular weight excluding hydrogens is 547 g/mol. The number of hydrogen-bond donors (Lipinski definition) is 0. The Kier molecular flexibility index (Phi) is 6.68. The van der Waals surface area contributed by atoms with E-state index in [-0.39, 0.29) is 6.61 Å². The van der Waals surface area contributed by atoms with Gasteiger partial charge in [0.1, 0.15) is 10.9 Å². The molecule has 1 aliphatic carbocycles. The summed E-state index contributed by atoms with van der Waals surface area (Å²) in [5.74, 6) is -2.32. The van der Waals surface area contributed by atoms with Crippen LogP contribution in [0.5, 0.6) is 0 Å². The minimum absolute atomic E-state index is 0.197. The van der Waals surface area contributed by atoms with E-state index in [9.17, 15) is 14.4 Å². The van der Waals surface area contributed by atoms with Crippen LogP contribution in [-0.2, 0) is 32.0 Å². The monoisotopic (exact) mass is 570 g/mol. The van der Waals surface area contributed by atoms with E-state index in [1.807, 2.05) is 30.3 Å². The summed E-state index contributed by atoms with van der Waals surface area (Å²) in [4.78, 5) is 49.5. The fourth-order valence-corrected chi connectivity index (χ4v) is 7.50. The van der Waals surface area contributed by atoms with Crippen LogP contribution < -0.4 is 9.96 Å². The number of halogens is 2. The average Bonchev–Trinajstić information content (AvgIpc) is 3.55. The summed E-state index contributed by atoms with van der Waals surface area (Å²) < 4.78 is 5.36. The minimum Gasteiger partial charge on any atom is -0.462 e. The quantitative estimate of drug-likeness (QED) is 0.270. The molecule has 2 fully saturated rings. The van der Waals surface area contributed by atoms with Gasteiger partial charge in [-0.25, -0.2) is 14.8 Å². The number of amides is 2. The Labute approximate surface area is 233 Å². The number of rotatable bonds is 5. The molecule has 0 unspecified atom stereocenters. The number of hydroxylamine groups is 1. The van der Waals surface area contributed by atoms with E-state index in [1.54, 1.807) is 30.2 Å². The predicted molar refractivity (Wildman–Crippen MR) is 146 cm³/mol. The van der Waals surface area contributed by atoms with Crippen LogP contribution in [0.4, 0.5) is 10.7 Å². The molecule has 196 valence electrons. The fourth-order valence-electron chi connectivity index (χ4n) is 5.59. The maximum atomic E-state index is 14.2. The van der Waals surface area contributed by atoms with Crippen molar-refractivity contribution in [1.82, 2.24) is 0 Å². The lowest BCUT2D eigenvalue weighted by atomic mass is 9.90. The van der Waals surface area contributed by atoms with Crippen LogP contribution in [0.2, 0.25) is 10.0 Å². The summed E-state index contributed by atoms with van der Waals surface area (Å²) in [7, 11) is 0. The van der Waals surface area contributed by atoms with Gasteiger partial charge in [0, 0.05) is 14.9 Å². The molecule has 0 N–H and O–H groups in total. The maximum absolute atomic E-state index is 14.2. The molecular formula is C28H24Cl2N2O5S. The molecule has 2 aliphatic heterocycles. The van der Waals surface area contributed by atoms with Crippen LogP contribution in [-0.4, -0.2) is 30.5 Å². The van der Waals surface area contributed by atoms with Crippen molar-refractivity contribution < 1.29 is 24.0 Å².